The van der Waals surface area contributed by atoms with E-state index in [1.807, 2.05) is 30.3 Å². The largest absolute Gasteiger partial charge is 0.360 e. The van der Waals surface area contributed by atoms with E-state index in [1.165, 1.54) is 12.3 Å². The number of amides is 1. The molecule has 1 saturated carbocycles. The number of ketones is 1. The fraction of sp³-hybridized carbons (Fsp3) is 0.292. The molecule has 1 aliphatic heterocycles. The van der Waals surface area contributed by atoms with Gasteiger partial charge in [0.05, 0.1) is 11.6 Å². The number of Topliss-reactive ketones (excluding diaryl/α,β-unsaturated/α-hetero) is 1. The molecule has 0 unspecified atom stereocenters. The van der Waals surface area contributed by atoms with Crippen molar-refractivity contribution in [3.8, 4) is 0 Å². The summed E-state index contributed by atoms with van der Waals surface area (Å²) in [5, 5.41) is 0.169. The summed E-state index contributed by atoms with van der Waals surface area (Å²) < 4.78 is 14.2. The standard InChI is InChI=1S/C24H23FN4O2/c25-19-7-4-8-20-21(19)18(15-26-20)22(30)24(31)29-13-11-28(12-14-29)23(27-17-9-10-17)16-5-2-1-3-6-16/h1-8,15,17,26H,9-14H2/b27-23+. The lowest BCUT2D eigenvalue weighted by Gasteiger charge is -2.36. The third-order valence-corrected chi connectivity index (χ3v) is 5.84. The molecule has 2 fully saturated rings. The van der Waals surface area contributed by atoms with E-state index in [9.17, 15) is 14.0 Å². The van der Waals surface area contributed by atoms with E-state index in [0.29, 0.717) is 37.7 Å². The van der Waals surface area contributed by atoms with E-state index < -0.39 is 17.5 Å². The zero-order chi connectivity index (χ0) is 21.4. The minimum absolute atomic E-state index is 0.0841. The van der Waals surface area contributed by atoms with Crippen LogP contribution in [-0.4, -0.2) is 64.5 Å². The number of aromatic nitrogens is 1. The number of halogens is 1. The second-order valence-corrected chi connectivity index (χ2v) is 8.02. The molecule has 0 spiro atoms. The minimum Gasteiger partial charge on any atom is -0.360 e. The first-order valence-corrected chi connectivity index (χ1v) is 10.6. The van der Waals surface area contributed by atoms with Crippen molar-refractivity contribution in [1.82, 2.24) is 14.8 Å². The summed E-state index contributed by atoms with van der Waals surface area (Å²) in [6, 6.07) is 15.0. The number of aliphatic imine (C=N–C) groups is 1. The predicted molar refractivity (Wildman–Crippen MR) is 117 cm³/mol. The minimum atomic E-state index is -0.681. The number of nitrogens with zero attached hydrogens (tertiary/aromatic N) is 3. The summed E-state index contributed by atoms with van der Waals surface area (Å²) in [7, 11) is 0. The molecular formula is C24H23FN4O2. The van der Waals surface area contributed by atoms with Crippen molar-refractivity contribution in [2.24, 2.45) is 4.99 Å². The molecule has 1 aromatic heterocycles. The highest BCUT2D eigenvalue weighted by molar-refractivity contribution is 6.44. The van der Waals surface area contributed by atoms with Gasteiger partial charge in [0.1, 0.15) is 11.7 Å². The number of aromatic amines is 1. The van der Waals surface area contributed by atoms with Gasteiger partial charge in [-0.05, 0) is 25.0 Å². The molecule has 2 aromatic carbocycles. The van der Waals surface area contributed by atoms with Gasteiger partial charge in [-0.25, -0.2) is 4.39 Å². The first-order valence-electron chi connectivity index (χ1n) is 10.6. The monoisotopic (exact) mass is 418 g/mol. The summed E-state index contributed by atoms with van der Waals surface area (Å²) >= 11 is 0. The van der Waals surface area contributed by atoms with Gasteiger partial charge in [0, 0.05) is 48.8 Å². The van der Waals surface area contributed by atoms with Crippen LogP contribution in [0.3, 0.4) is 0 Å². The summed E-state index contributed by atoms with van der Waals surface area (Å²) in [5.74, 6) is -0.826. The fourth-order valence-corrected chi connectivity index (χ4v) is 4.00. The Hall–Kier alpha value is -3.48. The van der Waals surface area contributed by atoms with Crippen molar-refractivity contribution >= 4 is 28.4 Å². The molecule has 7 heteroatoms. The van der Waals surface area contributed by atoms with Gasteiger partial charge in [-0.3, -0.25) is 14.6 Å². The number of carbonyl (C=O) groups is 2. The van der Waals surface area contributed by atoms with E-state index in [4.69, 9.17) is 4.99 Å². The Morgan fingerprint density at radius 3 is 2.35 bits per heavy atom. The van der Waals surface area contributed by atoms with Crippen LogP contribution in [-0.2, 0) is 4.79 Å². The number of nitrogens with one attached hydrogen (secondary N) is 1. The van der Waals surface area contributed by atoms with Crippen LogP contribution in [0.4, 0.5) is 4.39 Å². The maximum absolute atomic E-state index is 14.2. The van der Waals surface area contributed by atoms with Crippen LogP contribution in [0.5, 0.6) is 0 Å². The Bertz CT molecular complexity index is 1160. The lowest BCUT2D eigenvalue weighted by molar-refractivity contribution is -0.127. The third kappa shape index (κ3) is 3.83. The highest BCUT2D eigenvalue weighted by Crippen LogP contribution is 2.26. The highest BCUT2D eigenvalue weighted by atomic mass is 19.1. The molecule has 1 N–H and O–H groups in total. The van der Waals surface area contributed by atoms with Crippen LogP contribution in [0.25, 0.3) is 10.9 Å². The fourth-order valence-electron chi connectivity index (χ4n) is 4.00. The van der Waals surface area contributed by atoms with Gasteiger partial charge in [0.2, 0.25) is 0 Å². The molecule has 31 heavy (non-hydrogen) atoms. The number of piperazine rings is 1. The number of carbonyl (C=O) groups excluding carboxylic acids is 2. The lowest BCUT2D eigenvalue weighted by atomic mass is 10.1. The molecule has 158 valence electrons. The zero-order valence-electron chi connectivity index (χ0n) is 17.1. The molecule has 0 radical (unpaired) electrons. The van der Waals surface area contributed by atoms with Gasteiger partial charge in [-0.2, -0.15) is 0 Å². The maximum Gasteiger partial charge on any atom is 0.295 e. The summed E-state index contributed by atoms with van der Waals surface area (Å²) in [6.45, 7) is 2.04. The third-order valence-electron chi connectivity index (χ3n) is 5.84. The second-order valence-electron chi connectivity index (χ2n) is 8.02. The lowest BCUT2D eigenvalue weighted by Crippen LogP contribution is -2.52. The van der Waals surface area contributed by atoms with Crippen molar-refractivity contribution in [1.29, 1.82) is 0 Å². The van der Waals surface area contributed by atoms with Crippen molar-refractivity contribution in [2.75, 3.05) is 26.2 Å². The summed E-state index contributed by atoms with van der Waals surface area (Å²) in [4.78, 5) is 37.2. The first-order chi connectivity index (χ1) is 15.1. The topological polar surface area (TPSA) is 68.8 Å². The number of benzene rings is 2. The smallest absolute Gasteiger partial charge is 0.295 e. The predicted octanol–water partition coefficient (Wildman–Crippen LogP) is 3.24. The van der Waals surface area contributed by atoms with E-state index in [-0.39, 0.29) is 10.9 Å². The molecule has 0 bridgehead atoms. The first kappa shape index (κ1) is 19.5. The van der Waals surface area contributed by atoms with E-state index in [1.54, 1.807) is 17.0 Å². The molecule has 3 aromatic rings. The molecule has 1 saturated heterocycles. The van der Waals surface area contributed by atoms with Gasteiger partial charge in [-0.1, -0.05) is 36.4 Å². The van der Waals surface area contributed by atoms with Crippen molar-refractivity contribution < 1.29 is 14.0 Å². The van der Waals surface area contributed by atoms with Gasteiger partial charge in [0.25, 0.3) is 11.7 Å². The molecular weight excluding hydrogens is 395 g/mol. The van der Waals surface area contributed by atoms with Gasteiger partial charge < -0.3 is 14.8 Å². The van der Waals surface area contributed by atoms with Crippen LogP contribution in [0, 0.1) is 5.82 Å². The van der Waals surface area contributed by atoms with Crippen LogP contribution in [0.15, 0.2) is 59.7 Å². The number of rotatable bonds is 4. The number of fused-ring (bicyclic) bond motifs is 1. The number of amidine groups is 1. The SMILES string of the molecule is O=C(C(=O)N1CCN(/C(=N/C2CC2)c2ccccc2)CC1)c1c[nH]c2cccc(F)c12. The number of hydrogen-bond donors (Lipinski definition) is 1. The Balaban J connectivity index is 1.30. The van der Waals surface area contributed by atoms with Crippen molar-refractivity contribution in [2.45, 2.75) is 18.9 Å². The van der Waals surface area contributed by atoms with Crippen LogP contribution < -0.4 is 0 Å². The molecule has 5 rings (SSSR count). The second kappa shape index (κ2) is 7.98. The molecule has 2 heterocycles. The van der Waals surface area contributed by atoms with Crippen molar-refractivity contribution in [3.63, 3.8) is 0 Å². The number of hydrogen-bond acceptors (Lipinski definition) is 3. The Kier molecular flexibility index (Phi) is 5.02. The molecule has 0 atom stereocenters. The van der Waals surface area contributed by atoms with E-state index >= 15 is 0 Å². The Morgan fingerprint density at radius 1 is 0.935 bits per heavy atom. The van der Waals surface area contributed by atoms with Crippen LogP contribution in [0.2, 0.25) is 0 Å². The van der Waals surface area contributed by atoms with Gasteiger partial charge in [-0.15, -0.1) is 0 Å². The Morgan fingerprint density at radius 2 is 1.65 bits per heavy atom. The van der Waals surface area contributed by atoms with E-state index in [0.717, 1.165) is 24.2 Å². The summed E-state index contributed by atoms with van der Waals surface area (Å²) in [5.41, 5.74) is 1.66. The van der Waals surface area contributed by atoms with Crippen molar-refractivity contribution in [3.05, 3.63) is 71.7 Å². The van der Waals surface area contributed by atoms with Gasteiger partial charge >= 0.3 is 0 Å². The molecule has 1 aliphatic carbocycles. The summed E-state index contributed by atoms with van der Waals surface area (Å²) in [6.07, 6.45) is 3.65. The zero-order valence-corrected chi connectivity index (χ0v) is 17.1. The average Bonchev–Trinajstić information content (AvgIpc) is 3.53. The van der Waals surface area contributed by atoms with Crippen LogP contribution >= 0.6 is 0 Å². The van der Waals surface area contributed by atoms with Crippen LogP contribution in [0.1, 0.15) is 28.8 Å². The number of H-pyrrole nitrogens is 1. The quantitative estimate of drug-likeness (QED) is 0.306. The average molecular weight is 418 g/mol. The molecule has 1 amide bonds. The normalized spacial score (nSPS) is 17.3. The van der Waals surface area contributed by atoms with Gasteiger partial charge in [0.15, 0.2) is 0 Å². The Labute approximate surface area is 179 Å². The highest BCUT2D eigenvalue weighted by Gasteiger charge is 2.31. The molecule has 6 nitrogen and oxygen atoms in total. The molecule has 2 aliphatic rings. The maximum atomic E-state index is 14.2. The van der Waals surface area contributed by atoms with E-state index in [2.05, 4.69) is 9.88 Å².